The molecule has 1 aromatic carbocycles. The van der Waals surface area contributed by atoms with Gasteiger partial charge in [0.1, 0.15) is 0 Å². The van der Waals surface area contributed by atoms with Crippen molar-refractivity contribution < 1.29 is 27.5 Å². The predicted molar refractivity (Wildman–Crippen MR) is 52.3 cm³/mol. The van der Waals surface area contributed by atoms with E-state index in [1.165, 1.54) is 18.2 Å². The Labute approximate surface area is 94.9 Å². The maximum Gasteiger partial charge on any atom is 0.426 e. The minimum Gasteiger partial charge on any atom is -0.481 e. The maximum absolute atomic E-state index is 13.7. The van der Waals surface area contributed by atoms with E-state index in [1.807, 2.05) is 0 Å². The second kappa shape index (κ2) is 4.35. The van der Waals surface area contributed by atoms with Crippen molar-refractivity contribution in [3.8, 4) is 0 Å². The fraction of sp³-hybridized carbons (Fsp3) is 0.364. The standard InChI is InChI=1S/C11H10F4O2/c1-10(12,11(13,14)15)8-5-3-2-4-7(8)6-9(16)17/h2-5H,6H2,1H3,(H,16,17). The van der Waals surface area contributed by atoms with Crippen LogP contribution < -0.4 is 0 Å². The van der Waals surface area contributed by atoms with Gasteiger partial charge in [-0.1, -0.05) is 24.3 Å². The average molecular weight is 250 g/mol. The lowest BCUT2D eigenvalue weighted by molar-refractivity contribution is -0.229. The van der Waals surface area contributed by atoms with Crippen molar-refractivity contribution in [1.29, 1.82) is 0 Å². The van der Waals surface area contributed by atoms with Crippen molar-refractivity contribution in [2.45, 2.75) is 25.2 Å². The SMILES string of the molecule is CC(F)(c1ccccc1CC(=O)O)C(F)(F)F. The van der Waals surface area contributed by atoms with Crippen molar-refractivity contribution >= 4 is 5.97 Å². The third-order valence-electron chi connectivity index (χ3n) is 2.40. The molecule has 0 aliphatic rings. The van der Waals surface area contributed by atoms with E-state index in [2.05, 4.69) is 0 Å². The van der Waals surface area contributed by atoms with Gasteiger partial charge in [-0.15, -0.1) is 0 Å². The van der Waals surface area contributed by atoms with Gasteiger partial charge in [0.05, 0.1) is 6.42 Å². The Morgan fingerprint density at radius 2 is 1.76 bits per heavy atom. The first-order valence-corrected chi connectivity index (χ1v) is 4.72. The van der Waals surface area contributed by atoms with Crippen LogP contribution in [0.1, 0.15) is 18.1 Å². The van der Waals surface area contributed by atoms with Gasteiger partial charge in [0, 0.05) is 5.56 Å². The number of aliphatic carboxylic acids is 1. The molecule has 94 valence electrons. The number of carbonyl (C=O) groups is 1. The molecule has 0 aliphatic carbocycles. The lowest BCUT2D eigenvalue weighted by Gasteiger charge is -2.26. The Hall–Kier alpha value is -1.59. The van der Waals surface area contributed by atoms with Crippen molar-refractivity contribution in [3.05, 3.63) is 35.4 Å². The average Bonchev–Trinajstić information content (AvgIpc) is 2.15. The van der Waals surface area contributed by atoms with Gasteiger partial charge in [0.2, 0.25) is 5.67 Å². The first kappa shape index (κ1) is 13.5. The van der Waals surface area contributed by atoms with Crippen LogP contribution in [0.25, 0.3) is 0 Å². The molecule has 0 spiro atoms. The molecular weight excluding hydrogens is 240 g/mol. The van der Waals surface area contributed by atoms with Gasteiger partial charge in [-0.2, -0.15) is 13.2 Å². The molecule has 17 heavy (non-hydrogen) atoms. The van der Waals surface area contributed by atoms with E-state index in [9.17, 15) is 22.4 Å². The third-order valence-corrected chi connectivity index (χ3v) is 2.40. The van der Waals surface area contributed by atoms with Gasteiger partial charge in [0.25, 0.3) is 0 Å². The topological polar surface area (TPSA) is 37.3 Å². The molecule has 1 atom stereocenters. The van der Waals surface area contributed by atoms with E-state index in [-0.39, 0.29) is 5.56 Å². The van der Waals surface area contributed by atoms with Gasteiger partial charge >= 0.3 is 12.1 Å². The van der Waals surface area contributed by atoms with E-state index in [0.717, 1.165) is 6.07 Å². The molecule has 1 unspecified atom stereocenters. The number of carboxylic acids is 1. The van der Waals surface area contributed by atoms with Gasteiger partial charge in [0.15, 0.2) is 0 Å². The van der Waals surface area contributed by atoms with Gasteiger partial charge in [-0.05, 0) is 12.5 Å². The van der Waals surface area contributed by atoms with Gasteiger partial charge in [-0.3, -0.25) is 4.79 Å². The summed E-state index contributed by atoms with van der Waals surface area (Å²) in [5.74, 6) is -1.31. The molecule has 1 aromatic rings. The zero-order chi connectivity index (χ0) is 13.3. The normalized spacial score (nSPS) is 15.4. The molecule has 0 fully saturated rings. The van der Waals surface area contributed by atoms with E-state index in [1.54, 1.807) is 0 Å². The highest BCUT2D eigenvalue weighted by Gasteiger charge is 2.54. The third kappa shape index (κ3) is 2.75. The number of benzene rings is 1. The fourth-order valence-electron chi connectivity index (χ4n) is 1.45. The zero-order valence-electron chi connectivity index (χ0n) is 8.88. The Bertz CT molecular complexity index is 424. The van der Waals surface area contributed by atoms with Gasteiger partial charge in [-0.25, -0.2) is 4.39 Å². The van der Waals surface area contributed by atoms with Crippen LogP contribution in [0.5, 0.6) is 0 Å². The molecule has 1 rings (SSSR count). The summed E-state index contributed by atoms with van der Waals surface area (Å²) >= 11 is 0. The summed E-state index contributed by atoms with van der Waals surface area (Å²) < 4.78 is 51.3. The molecule has 0 saturated carbocycles. The first-order chi connectivity index (χ1) is 7.66. The zero-order valence-corrected chi connectivity index (χ0v) is 8.88. The molecule has 0 heterocycles. The van der Waals surface area contributed by atoms with Crippen LogP contribution in [0.4, 0.5) is 17.6 Å². The van der Waals surface area contributed by atoms with Crippen molar-refractivity contribution in [2.24, 2.45) is 0 Å². The van der Waals surface area contributed by atoms with Crippen LogP contribution in [-0.2, 0) is 16.9 Å². The second-order valence-electron chi connectivity index (χ2n) is 3.73. The molecule has 0 radical (unpaired) electrons. The first-order valence-electron chi connectivity index (χ1n) is 4.72. The van der Waals surface area contributed by atoms with Crippen LogP contribution in [0, 0.1) is 0 Å². The Kier molecular flexibility index (Phi) is 3.45. The molecule has 2 nitrogen and oxygen atoms in total. The monoisotopic (exact) mass is 250 g/mol. The predicted octanol–water partition coefficient (Wildman–Crippen LogP) is 3.06. The van der Waals surface area contributed by atoms with E-state index in [0.29, 0.717) is 6.92 Å². The molecule has 0 amide bonds. The molecule has 6 heteroatoms. The summed E-state index contributed by atoms with van der Waals surface area (Å²) in [7, 11) is 0. The highest BCUT2D eigenvalue weighted by Crippen LogP contribution is 2.43. The summed E-state index contributed by atoms with van der Waals surface area (Å²) in [5.41, 5.74) is -4.39. The number of hydrogen-bond acceptors (Lipinski definition) is 1. The largest absolute Gasteiger partial charge is 0.481 e. The quantitative estimate of drug-likeness (QED) is 0.837. The molecule has 1 N–H and O–H groups in total. The second-order valence-corrected chi connectivity index (χ2v) is 3.73. The van der Waals surface area contributed by atoms with Gasteiger partial charge < -0.3 is 5.11 Å². The minimum atomic E-state index is -5.08. The van der Waals surface area contributed by atoms with Crippen LogP contribution in [0.3, 0.4) is 0 Å². The molecular formula is C11H10F4O2. The van der Waals surface area contributed by atoms with E-state index in [4.69, 9.17) is 5.11 Å². The Morgan fingerprint density at radius 3 is 2.24 bits per heavy atom. The number of halogens is 4. The number of hydrogen-bond donors (Lipinski definition) is 1. The summed E-state index contributed by atoms with van der Waals surface area (Å²) in [6.07, 6.45) is -5.73. The molecule has 0 saturated heterocycles. The fourth-order valence-corrected chi connectivity index (χ4v) is 1.45. The van der Waals surface area contributed by atoms with Crippen molar-refractivity contribution in [1.82, 2.24) is 0 Å². The van der Waals surface area contributed by atoms with Crippen molar-refractivity contribution in [3.63, 3.8) is 0 Å². The Morgan fingerprint density at radius 1 is 1.24 bits per heavy atom. The van der Waals surface area contributed by atoms with Crippen LogP contribution in [0.2, 0.25) is 0 Å². The number of alkyl halides is 4. The minimum absolute atomic E-state index is 0.178. The summed E-state index contributed by atoms with van der Waals surface area (Å²) in [5, 5.41) is 8.56. The lowest BCUT2D eigenvalue weighted by atomic mass is 9.91. The molecule has 0 bridgehead atoms. The van der Waals surface area contributed by atoms with Crippen LogP contribution >= 0.6 is 0 Å². The molecule has 0 aliphatic heterocycles. The highest BCUT2D eigenvalue weighted by atomic mass is 19.4. The van der Waals surface area contributed by atoms with Crippen molar-refractivity contribution in [2.75, 3.05) is 0 Å². The van der Waals surface area contributed by atoms with Crippen LogP contribution in [0.15, 0.2) is 24.3 Å². The lowest BCUT2D eigenvalue weighted by Crippen LogP contribution is -2.36. The maximum atomic E-state index is 13.7. The van der Waals surface area contributed by atoms with E-state index < -0.39 is 29.8 Å². The van der Waals surface area contributed by atoms with E-state index >= 15 is 0 Å². The smallest absolute Gasteiger partial charge is 0.426 e. The van der Waals surface area contributed by atoms with Crippen LogP contribution in [-0.4, -0.2) is 17.3 Å². The highest BCUT2D eigenvalue weighted by molar-refractivity contribution is 5.71. The summed E-state index contributed by atoms with van der Waals surface area (Å²) in [4.78, 5) is 10.5. The summed E-state index contributed by atoms with van der Waals surface area (Å²) in [6, 6.07) is 4.73. The molecule has 0 aromatic heterocycles. The summed E-state index contributed by atoms with van der Waals surface area (Å²) in [6.45, 7) is 0.383. The number of carboxylic acid groups (broad SMARTS) is 1. The Balaban J connectivity index is 3.26. The number of rotatable bonds is 3.